The van der Waals surface area contributed by atoms with Crippen LogP contribution in [0.15, 0.2) is 24.3 Å². The minimum absolute atomic E-state index is 0.178. The first kappa shape index (κ1) is 13.0. The van der Waals surface area contributed by atoms with Gasteiger partial charge in [0, 0.05) is 11.1 Å². The second-order valence-electron chi connectivity index (χ2n) is 3.65. The van der Waals surface area contributed by atoms with Crippen molar-refractivity contribution in [1.29, 1.82) is 5.26 Å². The summed E-state index contributed by atoms with van der Waals surface area (Å²) >= 11 is 5.86. The van der Waals surface area contributed by atoms with Gasteiger partial charge in [-0.05, 0) is 30.8 Å². The van der Waals surface area contributed by atoms with Gasteiger partial charge >= 0.3 is 0 Å². The number of benzene rings is 1. The number of nitriles is 1. The lowest BCUT2D eigenvalue weighted by Gasteiger charge is -2.28. The topological polar surface area (TPSA) is 27.0 Å². The molecule has 3 heteroatoms. The number of halogens is 1. The third-order valence-corrected chi connectivity index (χ3v) is 3.04. The average molecular weight is 237 g/mol. The predicted octanol–water partition coefficient (Wildman–Crippen LogP) is 3.64. The molecule has 0 aliphatic heterocycles. The van der Waals surface area contributed by atoms with E-state index in [9.17, 15) is 0 Å². The maximum absolute atomic E-state index is 8.89. The van der Waals surface area contributed by atoms with E-state index in [2.05, 4.69) is 24.8 Å². The van der Waals surface area contributed by atoms with Gasteiger partial charge in [-0.25, -0.2) is 0 Å². The van der Waals surface area contributed by atoms with Gasteiger partial charge in [0.2, 0.25) is 0 Å². The molecule has 0 saturated heterocycles. The molecule has 0 fully saturated rings. The maximum atomic E-state index is 8.89. The first-order valence-corrected chi connectivity index (χ1v) is 5.97. The minimum Gasteiger partial charge on any atom is -0.296 e. The van der Waals surface area contributed by atoms with Gasteiger partial charge < -0.3 is 0 Å². The van der Waals surface area contributed by atoms with Gasteiger partial charge in [-0.15, -0.1) is 0 Å². The molecule has 0 aliphatic carbocycles. The van der Waals surface area contributed by atoms with E-state index >= 15 is 0 Å². The van der Waals surface area contributed by atoms with Crippen LogP contribution in [-0.2, 0) is 0 Å². The average Bonchev–Trinajstić information content (AvgIpc) is 2.31. The van der Waals surface area contributed by atoms with E-state index in [1.807, 2.05) is 24.3 Å². The van der Waals surface area contributed by atoms with Gasteiger partial charge in [0.15, 0.2) is 0 Å². The van der Waals surface area contributed by atoms with Gasteiger partial charge in [0.05, 0.1) is 12.5 Å². The summed E-state index contributed by atoms with van der Waals surface area (Å²) in [6.45, 7) is 6.13. The van der Waals surface area contributed by atoms with Crippen LogP contribution in [0.2, 0.25) is 5.02 Å². The quantitative estimate of drug-likeness (QED) is 0.781. The van der Waals surface area contributed by atoms with Crippen LogP contribution in [0.25, 0.3) is 0 Å². The van der Waals surface area contributed by atoms with E-state index in [1.165, 1.54) is 0 Å². The van der Waals surface area contributed by atoms with E-state index in [1.54, 1.807) is 0 Å². The minimum atomic E-state index is 0.178. The third-order valence-electron chi connectivity index (χ3n) is 2.79. The molecule has 2 nitrogen and oxygen atoms in total. The van der Waals surface area contributed by atoms with Gasteiger partial charge in [-0.3, -0.25) is 4.90 Å². The summed E-state index contributed by atoms with van der Waals surface area (Å²) in [5, 5.41) is 9.62. The van der Waals surface area contributed by atoms with Gasteiger partial charge in [0.25, 0.3) is 0 Å². The lowest BCUT2D eigenvalue weighted by Crippen LogP contribution is -2.28. The van der Waals surface area contributed by atoms with E-state index in [-0.39, 0.29) is 6.04 Å². The van der Waals surface area contributed by atoms with Crippen LogP contribution in [0.3, 0.4) is 0 Å². The number of rotatable bonds is 5. The second-order valence-corrected chi connectivity index (χ2v) is 4.09. The fraction of sp³-hybridized carbons (Fsp3) is 0.462. The first-order chi connectivity index (χ1) is 7.72. The molecule has 0 saturated carbocycles. The highest BCUT2D eigenvalue weighted by Gasteiger charge is 2.17. The molecule has 0 amide bonds. The second kappa shape index (κ2) is 6.52. The predicted molar refractivity (Wildman–Crippen MR) is 67.3 cm³/mol. The highest BCUT2D eigenvalue weighted by molar-refractivity contribution is 6.30. The number of hydrogen-bond acceptors (Lipinski definition) is 2. The van der Waals surface area contributed by atoms with E-state index in [0.29, 0.717) is 6.42 Å². The number of nitrogens with zero attached hydrogens (tertiary/aromatic N) is 2. The monoisotopic (exact) mass is 236 g/mol. The molecule has 1 unspecified atom stereocenters. The van der Waals surface area contributed by atoms with Crippen molar-refractivity contribution in [2.45, 2.75) is 26.3 Å². The zero-order valence-corrected chi connectivity index (χ0v) is 10.5. The smallest absolute Gasteiger partial charge is 0.0641 e. The SMILES string of the molecule is CCN(CC)C(CC#N)c1ccc(Cl)cc1. The van der Waals surface area contributed by atoms with Crippen molar-refractivity contribution >= 4 is 11.6 Å². The molecule has 1 atom stereocenters. The summed E-state index contributed by atoms with van der Waals surface area (Å²) in [4.78, 5) is 2.28. The van der Waals surface area contributed by atoms with Crippen molar-refractivity contribution in [3.63, 3.8) is 0 Å². The van der Waals surface area contributed by atoms with Crippen LogP contribution >= 0.6 is 11.6 Å². The van der Waals surface area contributed by atoms with Crippen molar-refractivity contribution in [2.75, 3.05) is 13.1 Å². The van der Waals surface area contributed by atoms with Crippen LogP contribution in [0.4, 0.5) is 0 Å². The summed E-state index contributed by atoms with van der Waals surface area (Å²) in [5.74, 6) is 0. The molecular weight excluding hydrogens is 220 g/mol. The summed E-state index contributed by atoms with van der Waals surface area (Å²) in [6, 6.07) is 10.2. The van der Waals surface area contributed by atoms with E-state index in [4.69, 9.17) is 16.9 Å². The molecule has 1 rings (SSSR count). The van der Waals surface area contributed by atoms with Crippen LogP contribution in [0, 0.1) is 11.3 Å². The maximum Gasteiger partial charge on any atom is 0.0641 e. The normalized spacial score (nSPS) is 12.4. The van der Waals surface area contributed by atoms with Crippen LogP contribution in [-0.4, -0.2) is 18.0 Å². The van der Waals surface area contributed by atoms with Crippen molar-refractivity contribution in [1.82, 2.24) is 4.90 Å². The summed E-state index contributed by atoms with van der Waals surface area (Å²) < 4.78 is 0. The Morgan fingerprint density at radius 1 is 1.25 bits per heavy atom. The Hall–Kier alpha value is -1.04. The number of hydrogen-bond donors (Lipinski definition) is 0. The Kier molecular flexibility index (Phi) is 5.31. The molecule has 0 spiro atoms. The van der Waals surface area contributed by atoms with Gasteiger partial charge in [0.1, 0.15) is 0 Å². The standard InChI is InChI=1S/C13H17ClN2/c1-3-16(4-2)13(9-10-15)11-5-7-12(14)8-6-11/h5-8,13H,3-4,9H2,1-2H3. The molecule has 0 N–H and O–H groups in total. The third kappa shape index (κ3) is 3.23. The molecule has 16 heavy (non-hydrogen) atoms. The van der Waals surface area contributed by atoms with Crippen molar-refractivity contribution < 1.29 is 0 Å². The summed E-state index contributed by atoms with van der Waals surface area (Å²) in [7, 11) is 0. The molecule has 0 aliphatic rings. The van der Waals surface area contributed by atoms with E-state index in [0.717, 1.165) is 23.7 Å². The highest BCUT2D eigenvalue weighted by atomic mass is 35.5. The Labute approximate surface area is 102 Å². The fourth-order valence-corrected chi connectivity index (χ4v) is 2.02. The van der Waals surface area contributed by atoms with Crippen molar-refractivity contribution in [2.24, 2.45) is 0 Å². The zero-order chi connectivity index (χ0) is 12.0. The lowest BCUT2D eigenvalue weighted by molar-refractivity contribution is 0.221. The molecule has 1 aromatic carbocycles. The Morgan fingerprint density at radius 3 is 2.25 bits per heavy atom. The summed E-state index contributed by atoms with van der Waals surface area (Å²) in [5.41, 5.74) is 1.16. The largest absolute Gasteiger partial charge is 0.296 e. The molecular formula is C13H17ClN2. The molecule has 0 aromatic heterocycles. The summed E-state index contributed by atoms with van der Waals surface area (Å²) in [6.07, 6.45) is 0.517. The molecule has 1 aromatic rings. The Bertz CT molecular complexity index is 349. The van der Waals surface area contributed by atoms with Crippen LogP contribution in [0.5, 0.6) is 0 Å². The molecule has 0 radical (unpaired) electrons. The first-order valence-electron chi connectivity index (χ1n) is 5.59. The van der Waals surface area contributed by atoms with Crippen molar-refractivity contribution in [3.8, 4) is 6.07 Å². The zero-order valence-electron chi connectivity index (χ0n) is 9.78. The highest BCUT2D eigenvalue weighted by Crippen LogP contribution is 2.24. The molecule has 86 valence electrons. The fourth-order valence-electron chi connectivity index (χ4n) is 1.89. The van der Waals surface area contributed by atoms with Gasteiger partial charge in [-0.1, -0.05) is 37.6 Å². The molecule has 0 heterocycles. The van der Waals surface area contributed by atoms with Crippen molar-refractivity contribution in [3.05, 3.63) is 34.9 Å². The Balaban J connectivity index is 2.93. The lowest BCUT2D eigenvalue weighted by atomic mass is 10.0. The van der Waals surface area contributed by atoms with Gasteiger partial charge in [-0.2, -0.15) is 5.26 Å². The van der Waals surface area contributed by atoms with E-state index < -0.39 is 0 Å². The van der Waals surface area contributed by atoms with Crippen LogP contribution in [0.1, 0.15) is 31.9 Å². The molecule has 0 bridgehead atoms. The van der Waals surface area contributed by atoms with Crippen LogP contribution < -0.4 is 0 Å². The Morgan fingerprint density at radius 2 is 1.81 bits per heavy atom.